The van der Waals surface area contributed by atoms with Gasteiger partial charge in [0.2, 0.25) is 0 Å². The minimum Gasteiger partial charge on any atom is -0.350 e. The van der Waals surface area contributed by atoms with Crippen LogP contribution in [0.1, 0.15) is 21.5 Å². The summed E-state index contributed by atoms with van der Waals surface area (Å²) in [4.78, 5) is 12.7. The Morgan fingerprint density at radius 3 is 2.65 bits per heavy atom. The fraction of sp³-hybridized carbons (Fsp3) is 0.118. The summed E-state index contributed by atoms with van der Waals surface area (Å²) < 4.78 is 3.01. The van der Waals surface area contributed by atoms with Crippen LogP contribution < -0.4 is 0 Å². The molecule has 0 saturated carbocycles. The summed E-state index contributed by atoms with van der Waals surface area (Å²) >= 11 is 3.46. The van der Waals surface area contributed by atoms with Crippen molar-refractivity contribution in [2.24, 2.45) is 7.05 Å². The zero-order chi connectivity index (χ0) is 14.3. The highest BCUT2D eigenvalue weighted by Gasteiger charge is 2.15. The Kier molecular flexibility index (Phi) is 3.22. The monoisotopic (exact) mass is 327 g/mol. The predicted molar refractivity (Wildman–Crippen MR) is 85.2 cm³/mol. The van der Waals surface area contributed by atoms with Crippen LogP contribution in [0.25, 0.3) is 10.9 Å². The van der Waals surface area contributed by atoms with E-state index in [1.165, 1.54) is 0 Å². The van der Waals surface area contributed by atoms with Crippen LogP contribution in [-0.4, -0.2) is 10.4 Å². The van der Waals surface area contributed by atoms with Crippen molar-refractivity contribution in [3.05, 3.63) is 69.8 Å². The highest BCUT2D eigenvalue weighted by Crippen LogP contribution is 2.24. The van der Waals surface area contributed by atoms with E-state index in [0.29, 0.717) is 0 Å². The van der Waals surface area contributed by atoms with Crippen molar-refractivity contribution in [3.63, 3.8) is 0 Å². The molecule has 1 heterocycles. The number of nitrogens with zero attached hydrogens (tertiary/aromatic N) is 1. The van der Waals surface area contributed by atoms with E-state index in [9.17, 15) is 4.79 Å². The van der Waals surface area contributed by atoms with Crippen LogP contribution in [0.3, 0.4) is 0 Å². The predicted octanol–water partition coefficient (Wildman–Crippen LogP) is 4.48. The fourth-order valence-electron chi connectivity index (χ4n) is 2.46. The third-order valence-electron chi connectivity index (χ3n) is 3.56. The molecule has 0 aliphatic heterocycles. The second-order valence-corrected chi connectivity index (χ2v) is 5.82. The highest BCUT2D eigenvalue weighted by atomic mass is 79.9. The summed E-state index contributed by atoms with van der Waals surface area (Å²) in [5.74, 6) is 0.0670. The number of carbonyl (C=O) groups is 1. The number of benzene rings is 2. The molecule has 0 radical (unpaired) electrons. The van der Waals surface area contributed by atoms with Gasteiger partial charge in [0.15, 0.2) is 5.78 Å². The van der Waals surface area contributed by atoms with Gasteiger partial charge in [0.1, 0.15) is 0 Å². The topological polar surface area (TPSA) is 22.0 Å². The Bertz CT molecular complexity index is 817. The smallest absolute Gasteiger partial charge is 0.195 e. The quantitative estimate of drug-likeness (QED) is 0.636. The van der Waals surface area contributed by atoms with Gasteiger partial charge >= 0.3 is 0 Å². The molecule has 100 valence electrons. The zero-order valence-electron chi connectivity index (χ0n) is 11.4. The number of ketones is 1. The molecule has 2 aromatic carbocycles. The minimum absolute atomic E-state index is 0.0670. The number of aromatic nitrogens is 1. The van der Waals surface area contributed by atoms with Gasteiger partial charge in [0, 0.05) is 39.7 Å². The van der Waals surface area contributed by atoms with Crippen molar-refractivity contribution in [2.45, 2.75) is 6.92 Å². The van der Waals surface area contributed by atoms with Crippen LogP contribution >= 0.6 is 15.9 Å². The molecule has 0 saturated heterocycles. The number of carbonyl (C=O) groups excluding carboxylic acids is 1. The van der Waals surface area contributed by atoms with Crippen LogP contribution in [0.2, 0.25) is 0 Å². The summed E-state index contributed by atoms with van der Waals surface area (Å²) in [6.45, 7) is 1.99. The van der Waals surface area contributed by atoms with Crippen molar-refractivity contribution >= 4 is 32.6 Å². The molecule has 3 aromatic rings. The number of hydrogen-bond acceptors (Lipinski definition) is 1. The number of halogens is 1. The standard InChI is InChI=1S/C17H14BrNO/c1-11-9-12(7-8-15(11)18)17(20)14-10-19(2)16-6-4-3-5-13(14)16/h3-10H,1-2H3. The number of hydrogen-bond donors (Lipinski definition) is 0. The number of rotatable bonds is 2. The maximum atomic E-state index is 12.7. The van der Waals surface area contributed by atoms with Crippen molar-refractivity contribution in [1.82, 2.24) is 4.57 Å². The molecule has 0 atom stereocenters. The Morgan fingerprint density at radius 2 is 1.90 bits per heavy atom. The van der Waals surface area contributed by atoms with Crippen molar-refractivity contribution in [1.29, 1.82) is 0 Å². The van der Waals surface area contributed by atoms with Crippen LogP contribution in [0.5, 0.6) is 0 Å². The maximum absolute atomic E-state index is 12.7. The zero-order valence-corrected chi connectivity index (χ0v) is 12.9. The van der Waals surface area contributed by atoms with E-state index in [-0.39, 0.29) is 5.78 Å². The van der Waals surface area contributed by atoms with E-state index in [2.05, 4.69) is 15.9 Å². The third kappa shape index (κ3) is 2.08. The lowest BCUT2D eigenvalue weighted by atomic mass is 10.0. The van der Waals surface area contributed by atoms with E-state index in [1.54, 1.807) is 0 Å². The Morgan fingerprint density at radius 1 is 1.15 bits per heavy atom. The third-order valence-corrected chi connectivity index (χ3v) is 4.45. The number of para-hydroxylation sites is 1. The van der Waals surface area contributed by atoms with Gasteiger partial charge in [-0.05, 0) is 36.8 Å². The van der Waals surface area contributed by atoms with E-state index >= 15 is 0 Å². The molecule has 3 rings (SSSR count). The lowest BCUT2D eigenvalue weighted by Gasteiger charge is -2.03. The molecule has 2 nitrogen and oxygen atoms in total. The highest BCUT2D eigenvalue weighted by molar-refractivity contribution is 9.10. The van der Waals surface area contributed by atoms with Gasteiger partial charge in [-0.15, -0.1) is 0 Å². The first-order chi connectivity index (χ1) is 9.58. The Hall–Kier alpha value is -1.87. The molecule has 20 heavy (non-hydrogen) atoms. The molecule has 1 aromatic heterocycles. The average Bonchev–Trinajstić information content (AvgIpc) is 2.79. The van der Waals surface area contributed by atoms with E-state index in [0.717, 1.165) is 32.1 Å². The van der Waals surface area contributed by atoms with E-state index < -0.39 is 0 Å². The Labute approximate surface area is 126 Å². The minimum atomic E-state index is 0.0670. The van der Waals surface area contributed by atoms with Gasteiger partial charge in [0.25, 0.3) is 0 Å². The van der Waals surface area contributed by atoms with Crippen LogP contribution in [0.4, 0.5) is 0 Å². The molecule has 0 unspecified atom stereocenters. The van der Waals surface area contributed by atoms with Gasteiger partial charge in [-0.3, -0.25) is 4.79 Å². The number of aryl methyl sites for hydroxylation is 2. The van der Waals surface area contributed by atoms with Crippen LogP contribution in [0, 0.1) is 6.92 Å². The number of fused-ring (bicyclic) bond motifs is 1. The van der Waals surface area contributed by atoms with Crippen molar-refractivity contribution in [3.8, 4) is 0 Å². The van der Waals surface area contributed by atoms with E-state index in [1.807, 2.05) is 67.2 Å². The van der Waals surface area contributed by atoms with Gasteiger partial charge in [-0.2, -0.15) is 0 Å². The first kappa shape index (κ1) is 13.1. The summed E-state index contributed by atoms with van der Waals surface area (Å²) in [5, 5.41) is 1.00. The SMILES string of the molecule is Cc1cc(C(=O)c2cn(C)c3ccccc23)ccc1Br. The molecule has 0 spiro atoms. The first-order valence-electron chi connectivity index (χ1n) is 6.43. The average molecular weight is 328 g/mol. The largest absolute Gasteiger partial charge is 0.350 e. The van der Waals surface area contributed by atoms with Crippen LogP contribution in [-0.2, 0) is 7.05 Å². The Balaban J connectivity index is 2.15. The van der Waals surface area contributed by atoms with Crippen molar-refractivity contribution < 1.29 is 4.79 Å². The van der Waals surface area contributed by atoms with Gasteiger partial charge < -0.3 is 4.57 Å². The molecule has 0 amide bonds. The van der Waals surface area contributed by atoms with Gasteiger partial charge in [-0.1, -0.05) is 34.1 Å². The summed E-state index contributed by atoms with van der Waals surface area (Å²) in [5.41, 5.74) is 3.62. The second-order valence-electron chi connectivity index (χ2n) is 4.96. The first-order valence-corrected chi connectivity index (χ1v) is 7.22. The summed E-state index contributed by atoms with van der Waals surface area (Å²) in [6, 6.07) is 13.7. The molecule has 0 aliphatic carbocycles. The van der Waals surface area contributed by atoms with Crippen molar-refractivity contribution in [2.75, 3.05) is 0 Å². The lowest BCUT2D eigenvalue weighted by Crippen LogP contribution is -2.01. The van der Waals surface area contributed by atoms with E-state index in [4.69, 9.17) is 0 Å². The molecular formula is C17H14BrNO. The molecule has 0 aliphatic rings. The molecular weight excluding hydrogens is 314 g/mol. The normalized spacial score (nSPS) is 10.9. The summed E-state index contributed by atoms with van der Waals surface area (Å²) in [6.07, 6.45) is 1.91. The van der Waals surface area contributed by atoms with Crippen LogP contribution in [0.15, 0.2) is 53.1 Å². The fourth-order valence-corrected chi connectivity index (χ4v) is 2.71. The van der Waals surface area contributed by atoms with Gasteiger partial charge in [0.05, 0.1) is 0 Å². The molecule has 0 fully saturated rings. The molecule has 3 heteroatoms. The van der Waals surface area contributed by atoms with Gasteiger partial charge in [-0.25, -0.2) is 0 Å². The maximum Gasteiger partial charge on any atom is 0.195 e. The molecule has 0 bridgehead atoms. The molecule has 0 N–H and O–H groups in total. The lowest BCUT2D eigenvalue weighted by molar-refractivity contribution is 0.104. The second kappa shape index (κ2) is 4.91. The summed E-state index contributed by atoms with van der Waals surface area (Å²) in [7, 11) is 1.96.